The van der Waals surface area contributed by atoms with E-state index in [4.69, 9.17) is 21.7 Å². The Morgan fingerprint density at radius 2 is 1.80 bits per heavy atom. The minimum atomic E-state index is 0.0188. The summed E-state index contributed by atoms with van der Waals surface area (Å²) in [5.74, 6) is 1.45. The van der Waals surface area contributed by atoms with Crippen molar-refractivity contribution < 1.29 is 9.47 Å². The minimum absolute atomic E-state index is 0.0188. The fourth-order valence-corrected chi connectivity index (χ4v) is 4.33. The van der Waals surface area contributed by atoms with E-state index in [9.17, 15) is 0 Å². The van der Waals surface area contributed by atoms with E-state index in [0.717, 1.165) is 48.2 Å². The Balaban J connectivity index is 1.56. The molecule has 1 N–H and O–H groups in total. The predicted octanol–water partition coefficient (Wildman–Crippen LogP) is 4.03. The highest BCUT2D eigenvalue weighted by atomic mass is 32.1. The van der Waals surface area contributed by atoms with Gasteiger partial charge in [-0.3, -0.25) is 0 Å². The van der Waals surface area contributed by atoms with Crippen LogP contribution in [0.5, 0.6) is 11.5 Å². The molecule has 0 saturated carbocycles. The molecule has 2 aromatic carbocycles. The molecule has 0 saturated heterocycles. The summed E-state index contributed by atoms with van der Waals surface area (Å²) in [7, 11) is 3.32. The highest BCUT2D eigenvalue weighted by molar-refractivity contribution is 7.80. The molecule has 0 spiro atoms. The molecule has 30 heavy (non-hydrogen) atoms. The summed E-state index contributed by atoms with van der Waals surface area (Å²) in [6.45, 7) is 2.56. The molecule has 1 atom stereocenters. The number of nitrogens with one attached hydrogen (secondary N) is 1. The van der Waals surface area contributed by atoms with Gasteiger partial charge < -0.3 is 24.3 Å². The van der Waals surface area contributed by atoms with Crippen molar-refractivity contribution in [1.82, 2.24) is 14.8 Å². The summed E-state index contributed by atoms with van der Waals surface area (Å²) in [5, 5.41) is 4.24. The quantitative estimate of drug-likeness (QED) is 0.609. The van der Waals surface area contributed by atoms with Gasteiger partial charge in [0.05, 0.1) is 20.3 Å². The molecule has 0 amide bonds. The van der Waals surface area contributed by atoms with E-state index < -0.39 is 0 Å². The minimum Gasteiger partial charge on any atom is -0.493 e. The van der Waals surface area contributed by atoms with E-state index in [1.165, 1.54) is 11.3 Å². The van der Waals surface area contributed by atoms with Crippen molar-refractivity contribution >= 4 is 17.3 Å². The zero-order valence-electron chi connectivity index (χ0n) is 17.4. The topological polar surface area (TPSA) is 38.7 Å². The maximum absolute atomic E-state index is 5.83. The van der Waals surface area contributed by atoms with Crippen molar-refractivity contribution in [3.05, 3.63) is 83.7 Å². The Bertz CT molecular complexity index is 1000. The molecule has 1 aliphatic heterocycles. The van der Waals surface area contributed by atoms with Crippen LogP contribution in [0.15, 0.2) is 66.9 Å². The maximum atomic E-state index is 5.83. The van der Waals surface area contributed by atoms with E-state index in [0.29, 0.717) is 0 Å². The van der Waals surface area contributed by atoms with Gasteiger partial charge in [-0.2, -0.15) is 0 Å². The summed E-state index contributed by atoms with van der Waals surface area (Å²) >= 11 is 5.83. The Hall–Kier alpha value is -2.99. The summed E-state index contributed by atoms with van der Waals surface area (Å²) in [6, 6.07) is 20.8. The molecule has 0 bridgehead atoms. The molecule has 0 aliphatic carbocycles. The monoisotopic (exact) mass is 421 g/mol. The molecule has 4 rings (SSSR count). The van der Waals surface area contributed by atoms with E-state index in [1.54, 1.807) is 14.2 Å². The summed E-state index contributed by atoms with van der Waals surface area (Å²) in [5.41, 5.74) is 3.65. The first-order chi connectivity index (χ1) is 14.7. The first-order valence-corrected chi connectivity index (χ1v) is 10.6. The van der Waals surface area contributed by atoms with Gasteiger partial charge in [0.25, 0.3) is 0 Å². The van der Waals surface area contributed by atoms with Gasteiger partial charge in [0.2, 0.25) is 0 Å². The van der Waals surface area contributed by atoms with Crippen LogP contribution in [-0.2, 0) is 13.0 Å². The molecule has 156 valence electrons. The third-order valence-electron chi connectivity index (χ3n) is 5.56. The largest absolute Gasteiger partial charge is 0.493 e. The second-order valence-corrected chi connectivity index (χ2v) is 7.69. The van der Waals surface area contributed by atoms with Crippen LogP contribution in [0.3, 0.4) is 0 Å². The van der Waals surface area contributed by atoms with Gasteiger partial charge in [0.15, 0.2) is 16.6 Å². The van der Waals surface area contributed by atoms with Crippen LogP contribution in [0.2, 0.25) is 0 Å². The molecule has 3 aromatic rings. The molecule has 6 heteroatoms. The van der Waals surface area contributed by atoms with Crippen molar-refractivity contribution in [3.63, 3.8) is 0 Å². The molecule has 0 radical (unpaired) electrons. The average molecular weight is 422 g/mol. The zero-order valence-corrected chi connectivity index (χ0v) is 18.2. The number of benzene rings is 2. The van der Waals surface area contributed by atoms with Gasteiger partial charge in [-0.15, -0.1) is 0 Å². The van der Waals surface area contributed by atoms with E-state index >= 15 is 0 Å². The number of rotatable bonds is 6. The van der Waals surface area contributed by atoms with Crippen LogP contribution >= 0.6 is 12.2 Å². The van der Waals surface area contributed by atoms with Crippen molar-refractivity contribution in [2.75, 3.05) is 27.3 Å². The fourth-order valence-electron chi connectivity index (χ4n) is 4.04. The van der Waals surface area contributed by atoms with Crippen molar-refractivity contribution in [3.8, 4) is 11.5 Å². The summed E-state index contributed by atoms with van der Waals surface area (Å²) < 4.78 is 13.3. The Morgan fingerprint density at radius 3 is 2.57 bits per heavy atom. The SMILES string of the molecule is COc1ccc([C@H]2c3cccn3CCN2C(=S)NCCc2ccccc2)cc1OC. The van der Waals surface area contributed by atoms with E-state index in [-0.39, 0.29) is 6.04 Å². The number of nitrogens with zero attached hydrogens (tertiary/aromatic N) is 2. The summed E-state index contributed by atoms with van der Waals surface area (Å²) in [4.78, 5) is 2.27. The molecule has 0 fully saturated rings. The number of aromatic nitrogens is 1. The van der Waals surface area contributed by atoms with Gasteiger partial charge in [0.1, 0.15) is 0 Å². The lowest BCUT2D eigenvalue weighted by molar-refractivity contribution is 0.284. The number of methoxy groups -OCH3 is 2. The Labute approximate surface area is 183 Å². The van der Waals surface area contributed by atoms with E-state index in [1.807, 2.05) is 18.2 Å². The molecular formula is C24H27N3O2S. The third-order valence-corrected chi connectivity index (χ3v) is 5.93. The Morgan fingerprint density at radius 1 is 1.00 bits per heavy atom. The lowest BCUT2D eigenvalue weighted by atomic mass is 9.99. The lowest BCUT2D eigenvalue weighted by Crippen LogP contribution is -2.47. The zero-order chi connectivity index (χ0) is 20.9. The number of ether oxygens (including phenoxy) is 2. The van der Waals surface area contributed by atoms with Crippen LogP contribution in [-0.4, -0.2) is 41.9 Å². The highest BCUT2D eigenvalue weighted by Crippen LogP contribution is 2.37. The first kappa shape index (κ1) is 20.3. The third kappa shape index (κ3) is 4.14. The van der Waals surface area contributed by atoms with Crippen molar-refractivity contribution in [2.45, 2.75) is 19.0 Å². The predicted molar refractivity (Wildman–Crippen MR) is 123 cm³/mol. The van der Waals surface area contributed by atoms with Crippen LogP contribution < -0.4 is 14.8 Å². The molecular weight excluding hydrogens is 394 g/mol. The van der Waals surface area contributed by atoms with Crippen LogP contribution in [0.4, 0.5) is 0 Å². The fraction of sp³-hybridized carbons (Fsp3) is 0.292. The van der Waals surface area contributed by atoms with Gasteiger partial charge in [-0.05, 0) is 54.0 Å². The van der Waals surface area contributed by atoms with Crippen molar-refractivity contribution in [1.29, 1.82) is 0 Å². The summed E-state index contributed by atoms with van der Waals surface area (Å²) in [6.07, 6.45) is 3.07. The van der Waals surface area contributed by atoms with Gasteiger partial charge in [0, 0.05) is 31.5 Å². The number of fused-ring (bicyclic) bond motifs is 1. The van der Waals surface area contributed by atoms with E-state index in [2.05, 4.69) is 63.4 Å². The van der Waals surface area contributed by atoms with Gasteiger partial charge in [-0.25, -0.2) is 0 Å². The van der Waals surface area contributed by atoms with Gasteiger partial charge in [-0.1, -0.05) is 36.4 Å². The Kier molecular flexibility index (Phi) is 6.23. The van der Waals surface area contributed by atoms with Crippen LogP contribution in [0.1, 0.15) is 22.9 Å². The normalized spacial score (nSPS) is 15.4. The van der Waals surface area contributed by atoms with Crippen LogP contribution in [0.25, 0.3) is 0 Å². The lowest BCUT2D eigenvalue weighted by Gasteiger charge is -2.39. The smallest absolute Gasteiger partial charge is 0.169 e. The second-order valence-electron chi connectivity index (χ2n) is 7.30. The molecule has 1 aromatic heterocycles. The maximum Gasteiger partial charge on any atom is 0.169 e. The highest BCUT2D eigenvalue weighted by Gasteiger charge is 2.31. The molecule has 0 unspecified atom stereocenters. The first-order valence-electron chi connectivity index (χ1n) is 10.2. The molecule has 2 heterocycles. The standard InChI is InChI=1S/C24H27N3O2S/c1-28-21-11-10-19(17-22(21)29-2)23-20-9-6-14-26(20)15-16-27(23)24(30)25-13-12-18-7-4-3-5-8-18/h3-11,14,17,23H,12-13,15-16H2,1-2H3,(H,25,30)/t23-/m0/s1. The molecule has 1 aliphatic rings. The van der Waals surface area contributed by atoms with Gasteiger partial charge >= 0.3 is 0 Å². The molecule has 5 nitrogen and oxygen atoms in total. The van der Waals surface area contributed by atoms with Crippen molar-refractivity contribution in [2.24, 2.45) is 0 Å². The number of hydrogen-bond acceptors (Lipinski definition) is 3. The number of hydrogen-bond donors (Lipinski definition) is 1. The number of thiocarbonyl (C=S) groups is 1. The average Bonchev–Trinajstić information content (AvgIpc) is 3.27. The van der Waals surface area contributed by atoms with Crippen LogP contribution in [0, 0.1) is 0 Å². The second kappa shape index (κ2) is 9.22.